The molecular weight excluding hydrogens is 360 g/mol. The van der Waals surface area contributed by atoms with E-state index in [-0.39, 0.29) is 24.0 Å². The molecule has 2 aromatic carbocycles. The number of nitrogens with zero attached hydrogens (tertiary/aromatic N) is 1. The normalized spacial score (nSPS) is 10.7. The third-order valence-electron chi connectivity index (χ3n) is 3.73. The molecule has 2 rings (SSSR count). The minimum Gasteiger partial charge on any atom is -0.493 e. The van der Waals surface area contributed by atoms with Gasteiger partial charge < -0.3 is 14.4 Å². The maximum Gasteiger partial charge on any atom is 0.387 e. The molecule has 2 aromatic rings. The van der Waals surface area contributed by atoms with Crippen LogP contribution in [0, 0.1) is 6.92 Å². The molecule has 0 atom stereocenters. The maximum atomic E-state index is 12.5. The molecular formula is C19H21F2NO3S. The number of ether oxygens (including phenoxy) is 2. The number of carbonyl (C=O) groups is 1. The van der Waals surface area contributed by atoms with Gasteiger partial charge in [0.25, 0.3) is 0 Å². The van der Waals surface area contributed by atoms with Crippen LogP contribution in [0.4, 0.5) is 8.78 Å². The number of carbonyl (C=O) groups excluding carboxylic acids is 1. The summed E-state index contributed by atoms with van der Waals surface area (Å²) in [6.45, 7) is -0.654. The number of aryl methyl sites for hydroxylation is 1. The molecule has 0 radical (unpaired) electrons. The second-order valence-electron chi connectivity index (χ2n) is 5.67. The van der Waals surface area contributed by atoms with Gasteiger partial charge >= 0.3 is 6.61 Å². The lowest BCUT2D eigenvalue weighted by molar-refractivity contribution is -0.127. The molecule has 0 saturated heterocycles. The van der Waals surface area contributed by atoms with Gasteiger partial charge in [-0.2, -0.15) is 8.78 Å². The molecule has 0 aliphatic heterocycles. The first-order valence-corrected chi connectivity index (χ1v) is 8.93. The summed E-state index contributed by atoms with van der Waals surface area (Å²) < 4.78 is 34.5. The van der Waals surface area contributed by atoms with Crippen LogP contribution in [0.2, 0.25) is 0 Å². The number of hydrogen-bond acceptors (Lipinski definition) is 4. The zero-order chi connectivity index (χ0) is 19.1. The number of alkyl halides is 2. The van der Waals surface area contributed by atoms with Crippen molar-refractivity contribution < 1.29 is 23.0 Å². The molecule has 0 fully saturated rings. The lowest BCUT2D eigenvalue weighted by atomic mass is 10.2. The Hall–Kier alpha value is -2.28. The minimum atomic E-state index is -2.94. The molecule has 0 aliphatic rings. The summed E-state index contributed by atoms with van der Waals surface area (Å²) in [7, 11) is 3.06. The van der Waals surface area contributed by atoms with Crippen LogP contribution in [-0.4, -0.2) is 37.3 Å². The largest absolute Gasteiger partial charge is 0.493 e. The number of thioether (sulfide) groups is 1. The first kappa shape index (κ1) is 20.0. The fraction of sp³-hybridized carbons (Fsp3) is 0.316. The zero-order valence-corrected chi connectivity index (χ0v) is 15.7. The van der Waals surface area contributed by atoms with Gasteiger partial charge in [-0.1, -0.05) is 24.3 Å². The molecule has 0 heterocycles. The molecule has 26 heavy (non-hydrogen) atoms. The van der Waals surface area contributed by atoms with E-state index < -0.39 is 6.61 Å². The second kappa shape index (κ2) is 9.43. The van der Waals surface area contributed by atoms with Crippen molar-refractivity contribution >= 4 is 17.7 Å². The van der Waals surface area contributed by atoms with E-state index in [1.807, 2.05) is 31.2 Å². The molecule has 0 bridgehead atoms. The van der Waals surface area contributed by atoms with E-state index in [2.05, 4.69) is 4.74 Å². The third kappa shape index (κ3) is 5.62. The van der Waals surface area contributed by atoms with E-state index in [1.54, 1.807) is 24.1 Å². The Morgan fingerprint density at radius 3 is 2.58 bits per heavy atom. The number of halogens is 2. The third-order valence-corrected chi connectivity index (χ3v) is 4.89. The molecule has 0 N–H and O–H groups in total. The predicted molar refractivity (Wildman–Crippen MR) is 98.0 cm³/mol. The van der Waals surface area contributed by atoms with Gasteiger partial charge in [0.05, 0.1) is 12.9 Å². The number of benzene rings is 2. The van der Waals surface area contributed by atoms with Gasteiger partial charge in [-0.25, -0.2) is 0 Å². The molecule has 4 nitrogen and oxygen atoms in total. The van der Waals surface area contributed by atoms with Gasteiger partial charge in [0.15, 0.2) is 11.5 Å². The van der Waals surface area contributed by atoms with Crippen molar-refractivity contribution in [2.24, 2.45) is 0 Å². The van der Waals surface area contributed by atoms with Crippen LogP contribution in [0.3, 0.4) is 0 Å². The SMILES string of the molecule is COc1ccc(CN(C)C(=O)CSc2ccccc2C)cc1OC(F)F. The Morgan fingerprint density at radius 2 is 1.92 bits per heavy atom. The highest BCUT2D eigenvalue weighted by Gasteiger charge is 2.14. The highest BCUT2D eigenvalue weighted by atomic mass is 32.2. The zero-order valence-electron chi connectivity index (χ0n) is 14.9. The Kier molecular flexibility index (Phi) is 7.26. The summed E-state index contributed by atoms with van der Waals surface area (Å²) in [4.78, 5) is 15.0. The van der Waals surface area contributed by atoms with E-state index in [0.717, 1.165) is 10.5 Å². The molecule has 0 aromatic heterocycles. The summed E-state index contributed by atoms with van der Waals surface area (Å²) >= 11 is 1.48. The van der Waals surface area contributed by atoms with Crippen LogP contribution < -0.4 is 9.47 Å². The summed E-state index contributed by atoms with van der Waals surface area (Å²) in [5.74, 6) is 0.427. The van der Waals surface area contributed by atoms with E-state index in [0.29, 0.717) is 11.3 Å². The van der Waals surface area contributed by atoms with Crippen molar-refractivity contribution in [3.05, 3.63) is 53.6 Å². The Morgan fingerprint density at radius 1 is 1.19 bits per heavy atom. The summed E-state index contributed by atoms with van der Waals surface area (Å²) in [6, 6.07) is 12.6. The van der Waals surface area contributed by atoms with Crippen LogP contribution in [0.1, 0.15) is 11.1 Å². The first-order chi connectivity index (χ1) is 12.4. The highest BCUT2D eigenvalue weighted by Crippen LogP contribution is 2.30. The Balaban J connectivity index is 1.98. The van der Waals surface area contributed by atoms with E-state index >= 15 is 0 Å². The fourth-order valence-corrected chi connectivity index (χ4v) is 3.31. The lowest BCUT2D eigenvalue weighted by Gasteiger charge is -2.18. The summed E-state index contributed by atoms with van der Waals surface area (Å²) in [5.41, 5.74) is 1.80. The number of methoxy groups -OCH3 is 1. The van der Waals surface area contributed by atoms with Gasteiger partial charge in [-0.15, -0.1) is 11.8 Å². The minimum absolute atomic E-state index is 0.0462. The topological polar surface area (TPSA) is 38.8 Å². The van der Waals surface area contributed by atoms with Gasteiger partial charge in [0, 0.05) is 18.5 Å². The molecule has 7 heteroatoms. The number of hydrogen-bond donors (Lipinski definition) is 0. The molecule has 0 saturated carbocycles. The molecule has 0 unspecified atom stereocenters. The van der Waals surface area contributed by atoms with Gasteiger partial charge in [0.1, 0.15) is 0 Å². The van der Waals surface area contributed by atoms with Gasteiger partial charge in [-0.3, -0.25) is 4.79 Å². The smallest absolute Gasteiger partial charge is 0.387 e. The second-order valence-corrected chi connectivity index (χ2v) is 6.68. The molecule has 0 spiro atoms. The fourth-order valence-electron chi connectivity index (χ4n) is 2.34. The lowest BCUT2D eigenvalue weighted by Crippen LogP contribution is -2.27. The van der Waals surface area contributed by atoms with Crippen molar-refractivity contribution in [3.63, 3.8) is 0 Å². The van der Waals surface area contributed by atoms with Crippen LogP contribution in [0.5, 0.6) is 11.5 Å². The van der Waals surface area contributed by atoms with Gasteiger partial charge in [-0.05, 0) is 36.2 Å². The van der Waals surface area contributed by atoms with Crippen LogP contribution in [0.25, 0.3) is 0 Å². The van der Waals surface area contributed by atoms with E-state index in [4.69, 9.17) is 4.74 Å². The Labute approximate surface area is 156 Å². The first-order valence-electron chi connectivity index (χ1n) is 7.95. The Bertz CT molecular complexity index is 755. The van der Waals surface area contributed by atoms with E-state index in [1.165, 1.54) is 24.9 Å². The molecule has 140 valence electrons. The average molecular weight is 381 g/mol. The van der Waals surface area contributed by atoms with Gasteiger partial charge in [0.2, 0.25) is 5.91 Å². The van der Waals surface area contributed by atoms with Crippen molar-refractivity contribution in [2.75, 3.05) is 19.9 Å². The number of amides is 1. The average Bonchev–Trinajstić information content (AvgIpc) is 2.60. The van der Waals surface area contributed by atoms with Crippen LogP contribution >= 0.6 is 11.8 Å². The van der Waals surface area contributed by atoms with Crippen molar-refractivity contribution in [2.45, 2.75) is 25.0 Å². The molecule has 0 aliphatic carbocycles. The predicted octanol–water partition coefficient (Wildman–Crippen LogP) is 4.36. The summed E-state index contributed by atoms with van der Waals surface area (Å²) in [6.07, 6.45) is 0. The highest BCUT2D eigenvalue weighted by molar-refractivity contribution is 8.00. The maximum absolute atomic E-state index is 12.5. The molecule has 1 amide bonds. The van der Waals surface area contributed by atoms with E-state index in [9.17, 15) is 13.6 Å². The number of rotatable bonds is 8. The standard InChI is InChI=1S/C19H21F2NO3S/c1-13-6-4-5-7-17(13)26-12-18(23)22(2)11-14-8-9-15(24-3)16(10-14)25-19(20)21/h4-10,19H,11-12H2,1-3H3. The van der Waals surface area contributed by atoms with Crippen LogP contribution in [-0.2, 0) is 11.3 Å². The van der Waals surface area contributed by atoms with Crippen molar-refractivity contribution in [3.8, 4) is 11.5 Å². The monoisotopic (exact) mass is 381 g/mol. The van der Waals surface area contributed by atoms with Crippen molar-refractivity contribution in [1.82, 2.24) is 4.90 Å². The summed E-state index contributed by atoms with van der Waals surface area (Å²) in [5, 5.41) is 0. The van der Waals surface area contributed by atoms with Crippen LogP contribution in [0.15, 0.2) is 47.4 Å². The quantitative estimate of drug-likeness (QED) is 0.637. The van der Waals surface area contributed by atoms with Crippen molar-refractivity contribution in [1.29, 1.82) is 0 Å².